The number of rotatable bonds is 7. The van der Waals surface area contributed by atoms with Crippen LogP contribution in [0, 0.1) is 0 Å². The first kappa shape index (κ1) is 31.9. The van der Waals surface area contributed by atoms with Gasteiger partial charge in [0.2, 0.25) is 5.91 Å². The monoisotopic (exact) mass is 689 g/mol. The van der Waals surface area contributed by atoms with Crippen molar-refractivity contribution < 1.29 is 14.4 Å². The number of likely N-dealkylation sites (tertiary alicyclic amines) is 2. The Labute approximate surface area is 277 Å². The number of nitrogens with one attached hydrogen (secondary N) is 2. The van der Waals surface area contributed by atoms with Gasteiger partial charge in [0, 0.05) is 64.3 Å². The normalized spacial score (nSPS) is 21.3. The molecule has 1 aromatic heterocycles. The molecular formula is C34H40BrN7O4. The second-order valence-corrected chi connectivity index (χ2v) is 13.5. The molecule has 2 N–H and O–H groups in total. The number of benzene rings is 2. The van der Waals surface area contributed by atoms with Crippen LogP contribution < -0.4 is 16.2 Å². The average molecular weight is 691 g/mol. The molecule has 46 heavy (non-hydrogen) atoms. The number of hydrogen-bond acceptors (Lipinski definition) is 7. The molecule has 4 heterocycles. The highest BCUT2D eigenvalue weighted by atomic mass is 79.9. The van der Waals surface area contributed by atoms with Crippen LogP contribution in [0.4, 0.5) is 10.5 Å². The molecule has 3 aliphatic heterocycles. The minimum absolute atomic E-state index is 0.0627. The minimum atomic E-state index is -0.336. The maximum Gasteiger partial charge on any atom is 0.324 e. The maximum absolute atomic E-state index is 13.5. The maximum atomic E-state index is 13.5. The average Bonchev–Trinajstić information content (AvgIpc) is 3.06. The van der Waals surface area contributed by atoms with Gasteiger partial charge in [-0.05, 0) is 82.9 Å². The number of aromatic nitrogens is 2. The second-order valence-electron chi connectivity index (χ2n) is 12.8. The Morgan fingerprint density at radius 2 is 1.74 bits per heavy atom. The summed E-state index contributed by atoms with van der Waals surface area (Å²) in [6.45, 7) is 4.06. The van der Waals surface area contributed by atoms with Crippen LogP contribution in [0.2, 0.25) is 0 Å². The van der Waals surface area contributed by atoms with Crippen molar-refractivity contribution in [3.8, 4) is 0 Å². The van der Waals surface area contributed by atoms with Crippen molar-refractivity contribution in [1.82, 2.24) is 29.8 Å². The van der Waals surface area contributed by atoms with Gasteiger partial charge in [-0.25, -0.2) is 9.48 Å². The number of hydrogen-bond donors (Lipinski definition) is 2. The van der Waals surface area contributed by atoms with Crippen LogP contribution in [0.15, 0.2) is 64.0 Å². The van der Waals surface area contributed by atoms with Gasteiger partial charge in [0.05, 0.1) is 11.9 Å². The standard InChI is InChI=1S/C34H40BrN7O4/c1-39-20-27(17-28(21-39)37-29-18-36-40(2)33(45)31(29)35)23-6-8-25(9-7-23)32(44)41-13-10-24(11-14-41)26-5-3-4-22(16-26)19-42-15-12-30(43)38-34(42)46/h3-9,16,18,24,27-28,37H,10-15,17,19-21H2,1-2H3,(H,38,43,46). The molecular weight excluding hydrogens is 650 g/mol. The Hall–Kier alpha value is -4.03. The van der Waals surface area contributed by atoms with E-state index in [1.54, 1.807) is 18.1 Å². The van der Waals surface area contributed by atoms with Gasteiger partial charge in [0.1, 0.15) is 4.47 Å². The molecule has 242 valence electrons. The summed E-state index contributed by atoms with van der Waals surface area (Å²) in [5.74, 6) is 0.477. The van der Waals surface area contributed by atoms with Gasteiger partial charge in [-0.3, -0.25) is 19.7 Å². The van der Waals surface area contributed by atoms with Gasteiger partial charge in [-0.2, -0.15) is 5.10 Å². The highest BCUT2D eigenvalue weighted by molar-refractivity contribution is 9.10. The summed E-state index contributed by atoms with van der Waals surface area (Å²) in [6, 6.07) is 16.2. The molecule has 3 aliphatic rings. The number of likely N-dealkylation sites (N-methyl/N-ethyl adjacent to an activating group) is 1. The number of urea groups is 1. The summed E-state index contributed by atoms with van der Waals surface area (Å²) in [5.41, 5.74) is 4.70. The molecule has 3 saturated heterocycles. The van der Waals surface area contributed by atoms with Crippen molar-refractivity contribution in [2.24, 2.45) is 7.05 Å². The molecule has 0 radical (unpaired) electrons. The van der Waals surface area contributed by atoms with E-state index in [1.165, 1.54) is 15.8 Å². The highest BCUT2D eigenvalue weighted by Gasteiger charge is 2.29. The first-order valence-electron chi connectivity index (χ1n) is 15.9. The lowest BCUT2D eigenvalue weighted by Gasteiger charge is -2.37. The third-order valence-corrected chi connectivity index (χ3v) is 10.2. The number of carbonyl (C=O) groups excluding carboxylic acids is 3. The molecule has 0 aliphatic carbocycles. The van der Waals surface area contributed by atoms with Gasteiger partial charge >= 0.3 is 6.03 Å². The molecule has 3 aromatic rings. The van der Waals surface area contributed by atoms with Crippen LogP contribution in [0.1, 0.15) is 64.6 Å². The molecule has 3 fully saturated rings. The fraction of sp³-hybridized carbons (Fsp3) is 0.441. The van der Waals surface area contributed by atoms with Gasteiger partial charge in [-0.15, -0.1) is 0 Å². The molecule has 2 atom stereocenters. The Bertz CT molecular complexity index is 1670. The Balaban J connectivity index is 1.03. The number of piperidine rings is 2. The molecule has 0 spiro atoms. The van der Waals surface area contributed by atoms with E-state index < -0.39 is 0 Å². The van der Waals surface area contributed by atoms with E-state index >= 15 is 0 Å². The fourth-order valence-corrected chi connectivity index (χ4v) is 7.38. The molecule has 6 rings (SSSR count). The largest absolute Gasteiger partial charge is 0.379 e. The molecule has 12 heteroatoms. The van der Waals surface area contributed by atoms with E-state index in [2.05, 4.69) is 67.9 Å². The summed E-state index contributed by atoms with van der Waals surface area (Å²) >= 11 is 3.42. The number of carbonyl (C=O) groups is 3. The van der Waals surface area contributed by atoms with Crippen molar-refractivity contribution in [1.29, 1.82) is 0 Å². The van der Waals surface area contributed by atoms with Crippen LogP contribution in [0.25, 0.3) is 0 Å². The molecule has 2 unspecified atom stereocenters. The van der Waals surface area contributed by atoms with Crippen molar-refractivity contribution >= 4 is 39.5 Å². The lowest BCUT2D eigenvalue weighted by molar-refractivity contribution is -0.121. The smallest absolute Gasteiger partial charge is 0.324 e. The first-order chi connectivity index (χ1) is 22.1. The summed E-state index contributed by atoms with van der Waals surface area (Å²) in [7, 11) is 3.73. The zero-order valence-electron chi connectivity index (χ0n) is 26.2. The van der Waals surface area contributed by atoms with Crippen molar-refractivity contribution in [3.63, 3.8) is 0 Å². The van der Waals surface area contributed by atoms with Crippen LogP contribution in [0.5, 0.6) is 0 Å². The van der Waals surface area contributed by atoms with E-state index in [-0.39, 0.29) is 35.4 Å². The summed E-state index contributed by atoms with van der Waals surface area (Å²) < 4.78 is 1.79. The van der Waals surface area contributed by atoms with Gasteiger partial charge in [0.25, 0.3) is 11.5 Å². The number of amides is 4. The summed E-state index contributed by atoms with van der Waals surface area (Å²) in [4.78, 5) is 55.3. The van der Waals surface area contributed by atoms with Crippen molar-refractivity contribution in [2.75, 3.05) is 45.1 Å². The van der Waals surface area contributed by atoms with Crippen molar-refractivity contribution in [3.05, 3.63) is 91.8 Å². The lowest BCUT2D eigenvalue weighted by Crippen LogP contribution is -2.48. The topological polar surface area (TPSA) is 120 Å². The van der Waals surface area contributed by atoms with Gasteiger partial charge < -0.3 is 20.0 Å². The van der Waals surface area contributed by atoms with Crippen LogP contribution in [-0.2, 0) is 18.4 Å². The zero-order chi connectivity index (χ0) is 32.4. The molecule has 11 nitrogen and oxygen atoms in total. The number of imide groups is 1. The van der Waals surface area contributed by atoms with E-state index in [4.69, 9.17) is 0 Å². The second kappa shape index (κ2) is 13.8. The first-order valence-corrected chi connectivity index (χ1v) is 16.7. The van der Waals surface area contributed by atoms with Crippen LogP contribution >= 0.6 is 15.9 Å². The molecule has 0 bridgehead atoms. The Morgan fingerprint density at radius 1 is 0.978 bits per heavy atom. The summed E-state index contributed by atoms with van der Waals surface area (Å²) in [5, 5.41) is 10.0. The van der Waals surface area contributed by atoms with Crippen LogP contribution in [0.3, 0.4) is 0 Å². The van der Waals surface area contributed by atoms with E-state index in [0.717, 1.165) is 37.9 Å². The van der Waals surface area contributed by atoms with E-state index in [0.29, 0.717) is 54.2 Å². The number of nitrogens with zero attached hydrogens (tertiary/aromatic N) is 5. The zero-order valence-corrected chi connectivity index (χ0v) is 27.8. The van der Waals surface area contributed by atoms with E-state index in [9.17, 15) is 19.2 Å². The molecule has 0 saturated carbocycles. The predicted molar refractivity (Wildman–Crippen MR) is 179 cm³/mol. The Morgan fingerprint density at radius 3 is 2.48 bits per heavy atom. The Kier molecular flexibility index (Phi) is 9.55. The third-order valence-electron chi connectivity index (χ3n) is 9.42. The van der Waals surface area contributed by atoms with Crippen molar-refractivity contribution in [2.45, 2.75) is 50.1 Å². The minimum Gasteiger partial charge on any atom is -0.379 e. The molecule has 4 amide bonds. The fourth-order valence-electron chi connectivity index (χ4n) is 6.91. The third kappa shape index (κ3) is 7.18. The van der Waals surface area contributed by atoms with E-state index in [1.807, 2.05) is 29.2 Å². The number of aryl methyl sites for hydroxylation is 1. The SMILES string of the molecule is CN1CC(Nc2cnn(C)c(=O)c2Br)CC(c2ccc(C(=O)N3CCC(c4cccc(CN5CCC(=O)NC5=O)c4)CC3)cc2)C1. The number of halogens is 1. The molecule has 2 aromatic carbocycles. The van der Waals surface area contributed by atoms with Gasteiger partial charge in [-0.1, -0.05) is 36.4 Å². The predicted octanol–water partition coefficient (Wildman–Crippen LogP) is 3.90. The number of anilines is 1. The van der Waals surface area contributed by atoms with Gasteiger partial charge in [0.15, 0.2) is 0 Å². The lowest BCUT2D eigenvalue weighted by atomic mass is 9.87. The van der Waals surface area contributed by atoms with Crippen LogP contribution in [-0.4, -0.2) is 88.1 Å². The highest BCUT2D eigenvalue weighted by Crippen LogP contribution is 2.32. The summed E-state index contributed by atoms with van der Waals surface area (Å²) in [6.07, 6.45) is 4.67. The quantitative estimate of drug-likeness (QED) is 0.386.